The van der Waals surface area contributed by atoms with Gasteiger partial charge in [0.2, 0.25) is 0 Å². The summed E-state index contributed by atoms with van der Waals surface area (Å²) in [6, 6.07) is 7.28. The SMILES string of the molecule is CCNC(c1cc(C)cc(Br)c1)C1CC1. The van der Waals surface area contributed by atoms with Gasteiger partial charge in [-0.2, -0.15) is 0 Å². The van der Waals surface area contributed by atoms with Gasteiger partial charge >= 0.3 is 0 Å². The molecular formula is C13H18BrN. The van der Waals surface area contributed by atoms with Gasteiger partial charge in [0.25, 0.3) is 0 Å². The molecule has 1 aliphatic rings. The van der Waals surface area contributed by atoms with Crippen LogP contribution in [0.1, 0.15) is 36.9 Å². The predicted octanol–water partition coefficient (Wildman–Crippen LogP) is 3.82. The third-order valence-corrected chi connectivity index (χ3v) is 3.40. The first kappa shape index (κ1) is 11.2. The summed E-state index contributed by atoms with van der Waals surface area (Å²) in [5.41, 5.74) is 2.77. The summed E-state index contributed by atoms with van der Waals surface area (Å²) in [5, 5.41) is 3.59. The molecular weight excluding hydrogens is 250 g/mol. The van der Waals surface area contributed by atoms with Gasteiger partial charge in [0.15, 0.2) is 0 Å². The molecule has 2 rings (SSSR count). The van der Waals surface area contributed by atoms with Crippen LogP contribution >= 0.6 is 15.9 Å². The average Bonchev–Trinajstić information content (AvgIpc) is 2.95. The van der Waals surface area contributed by atoms with Crippen LogP contribution in [0.15, 0.2) is 22.7 Å². The molecule has 1 aromatic carbocycles. The Balaban J connectivity index is 2.24. The zero-order valence-corrected chi connectivity index (χ0v) is 11.0. The van der Waals surface area contributed by atoms with E-state index in [9.17, 15) is 0 Å². The minimum Gasteiger partial charge on any atom is -0.310 e. The van der Waals surface area contributed by atoms with Crippen molar-refractivity contribution in [2.24, 2.45) is 5.92 Å². The van der Waals surface area contributed by atoms with Gasteiger partial charge < -0.3 is 5.32 Å². The Morgan fingerprint density at radius 3 is 2.67 bits per heavy atom. The Morgan fingerprint density at radius 2 is 2.13 bits per heavy atom. The fourth-order valence-electron chi connectivity index (χ4n) is 2.15. The van der Waals surface area contributed by atoms with Crippen molar-refractivity contribution in [1.82, 2.24) is 5.32 Å². The van der Waals surface area contributed by atoms with Crippen LogP contribution in [0.5, 0.6) is 0 Å². The molecule has 0 spiro atoms. The first-order valence-electron chi connectivity index (χ1n) is 5.71. The smallest absolute Gasteiger partial charge is 0.0349 e. The second kappa shape index (κ2) is 4.67. The van der Waals surface area contributed by atoms with Gasteiger partial charge in [-0.3, -0.25) is 0 Å². The highest BCUT2D eigenvalue weighted by Crippen LogP contribution is 2.41. The number of nitrogens with one attached hydrogen (secondary N) is 1. The maximum atomic E-state index is 3.59. The molecule has 2 heteroatoms. The van der Waals surface area contributed by atoms with E-state index in [0.717, 1.165) is 12.5 Å². The molecule has 0 radical (unpaired) electrons. The monoisotopic (exact) mass is 267 g/mol. The molecule has 0 aromatic heterocycles. The molecule has 1 N–H and O–H groups in total. The minimum atomic E-state index is 0.561. The van der Waals surface area contributed by atoms with Crippen molar-refractivity contribution in [3.63, 3.8) is 0 Å². The number of halogens is 1. The molecule has 0 amide bonds. The zero-order valence-electron chi connectivity index (χ0n) is 9.39. The number of hydrogen-bond acceptors (Lipinski definition) is 1. The van der Waals surface area contributed by atoms with E-state index in [-0.39, 0.29) is 0 Å². The Bertz CT molecular complexity index is 324. The quantitative estimate of drug-likeness (QED) is 0.875. The molecule has 82 valence electrons. The molecule has 1 aromatic rings. The second-order valence-electron chi connectivity index (χ2n) is 4.43. The topological polar surface area (TPSA) is 12.0 Å². The largest absolute Gasteiger partial charge is 0.310 e. The Kier molecular flexibility index (Phi) is 3.47. The lowest BCUT2D eigenvalue weighted by molar-refractivity contribution is 0.496. The van der Waals surface area contributed by atoms with E-state index in [4.69, 9.17) is 0 Å². The number of aryl methyl sites for hydroxylation is 1. The highest BCUT2D eigenvalue weighted by molar-refractivity contribution is 9.10. The summed E-state index contributed by atoms with van der Waals surface area (Å²) in [6.07, 6.45) is 2.76. The van der Waals surface area contributed by atoms with Gasteiger partial charge in [0.05, 0.1) is 0 Å². The average molecular weight is 268 g/mol. The van der Waals surface area contributed by atoms with Crippen molar-refractivity contribution in [3.05, 3.63) is 33.8 Å². The molecule has 1 atom stereocenters. The van der Waals surface area contributed by atoms with Crippen LogP contribution < -0.4 is 5.32 Å². The maximum absolute atomic E-state index is 3.59. The van der Waals surface area contributed by atoms with Crippen molar-refractivity contribution < 1.29 is 0 Å². The maximum Gasteiger partial charge on any atom is 0.0349 e. The third-order valence-electron chi connectivity index (χ3n) is 2.94. The predicted molar refractivity (Wildman–Crippen MR) is 68.0 cm³/mol. The van der Waals surface area contributed by atoms with Crippen LogP contribution in [0, 0.1) is 12.8 Å². The second-order valence-corrected chi connectivity index (χ2v) is 5.35. The molecule has 0 aliphatic heterocycles. The first-order valence-corrected chi connectivity index (χ1v) is 6.50. The summed E-state index contributed by atoms with van der Waals surface area (Å²) in [4.78, 5) is 0. The molecule has 15 heavy (non-hydrogen) atoms. The molecule has 0 heterocycles. The third kappa shape index (κ3) is 2.82. The minimum absolute atomic E-state index is 0.561. The zero-order chi connectivity index (χ0) is 10.8. The summed E-state index contributed by atoms with van der Waals surface area (Å²) >= 11 is 3.57. The van der Waals surface area contributed by atoms with Crippen LogP contribution in [-0.4, -0.2) is 6.54 Å². The van der Waals surface area contributed by atoms with Gasteiger partial charge in [0, 0.05) is 10.5 Å². The highest BCUT2D eigenvalue weighted by Gasteiger charge is 2.31. The molecule has 1 unspecified atom stereocenters. The molecule has 0 bridgehead atoms. The van der Waals surface area contributed by atoms with Gasteiger partial charge in [-0.15, -0.1) is 0 Å². The molecule has 1 saturated carbocycles. The standard InChI is InChI=1S/C13H18BrN/c1-3-15-13(10-4-5-10)11-6-9(2)7-12(14)8-11/h6-8,10,13,15H,3-5H2,1-2H3. The molecule has 1 fully saturated rings. The lowest BCUT2D eigenvalue weighted by atomic mass is 10.0. The van der Waals surface area contributed by atoms with Crippen molar-refractivity contribution in [2.45, 2.75) is 32.7 Å². The normalized spacial score (nSPS) is 17.8. The van der Waals surface area contributed by atoms with Crippen LogP contribution in [0.3, 0.4) is 0 Å². The van der Waals surface area contributed by atoms with Crippen molar-refractivity contribution in [3.8, 4) is 0 Å². The van der Waals surface area contributed by atoms with E-state index >= 15 is 0 Å². The lowest BCUT2D eigenvalue weighted by Crippen LogP contribution is -2.22. The Hall–Kier alpha value is -0.340. The van der Waals surface area contributed by atoms with E-state index in [2.05, 4.69) is 53.3 Å². The summed E-state index contributed by atoms with van der Waals surface area (Å²) in [6.45, 7) is 5.39. The van der Waals surface area contributed by atoms with Crippen molar-refractivity contribution in [2.75, 3.05) is 6.54 Å². The Morgan fingerprint density at radius 1 is 1.40 bits per heavy atom. The van der Waals surface area contributed by atoms with Crippen LogP contribution in [0.25, 0.3) is 0 Å². The fraction of sp³-hybridized carbons (Fsp3) is 0.538. The molecule has 0 saturated heterocycles. The van der Waals surface area contributed by atoms with Crippen LogP contribution in [-0.2, 0) is 0 Å². The van der Waals surface area contributed by atoms with E-state index in [1.54, 1.807) is 0 Å². The number of hydrogen-bond donors (Lipinski definition) is 1. The van der Waals surface area contributed by atoms with Gasteiger partial charge in [0.1, 0.15) is 0 Å². The van der Waals surface area contributed by atoms with E-state index in [0.29, 0.717) is 6.04 Å². The van der Waals surface area contributed by atoms with Gasteiger partial charge in [-0.1, -0.05) is 28.9 Å². The van der Waals surface area contributed by atoms with E-state index in [1.165, 1.54) is 28.4 Å². The van der Waals surface area contributed by atoms with Crippen molar-refractivity contribution in [1.29, 1.82) is 0 Å². The summed E-state index contributed by atoms with van der Waals surface area (Å²) in [7, 11) is 0. The number of rotatable bonds is 4. The lowest BCUT2D eigenvalue weighted by Gasteiger charge is -2.18. The summed E-state index contributed by atoms with van der Waals surface area (Å²) in [5.74, 6) is 0.860. The van der Waals surface area contributed by atoms with Crippen LogP contribution in [0.2, 0.25) is 0 Å². The Labute approximate surface area is 100 Å². The molecule has 1 nitrogen and oxygen atoms in total. The molecule has 1 aliphatic carbocycles. The van der Waals surface area contributed by atoms with Gasteiger partial charge in [-0.05, 0) is 55.5 Å². The van der Waals surface area contributed by atoms with Crippen molar-refractivity contribution >= 4 is 15.9 Å². The number of benzene rings is 1. The fourth-order valence-corrected chi connectivity index (χ4v) is 2.78. The van der Waals surface area contributed by atoms with E-state index < -0.39 is 0 Å². The first-order chi connectivity index (χ1) is 7.20. The van der Waals surface area contributed by atoms with E-state index in [1.807, 2.05) is 0 Å². The summed E-state index contributed by atoms with van der Waals surface area (Å²) < 4.78 is 1.20. The highest BCUT2D eigenvalue weighted by atomic mass is 79.9. The van der Waals surface area contributed by atoms with Crippen LogP contribution in [0.4, 0.5) is 0 Å². The van der Waals surface area contributed by atoms with Gasteiger partial charge in [-0.25, -0.2) is 0 Å².